The number of methoxy groups -OCH3 is 1. The van der Waals surface area contributed by atoms with Crippen LogP contribution in [0.5, 0.6) is 5.75 Å². The highest BCUT2D eigenvalue weighted by molar-refractivity contribution is 8.18. The first-order chi connectivity index (χ1) is 16.1. The number of carbonyl (C=O) groups excluding carboxylic acids is 1. The van der Waals surface area contributed by atoms with E-state index in [2.05, 4.69) is 9.89 Å². The van der Waals surface area contributed by atoms with E-state index in [1.165, 1.54) is 31.4 Å². The minimum Gasteiger partial charge on any atom is -0.494 e. The summed E-state index contributed by atoms with van der Waals surface area (Å²) in [5.74, 6) is -0.549. The van der Waals surface area contributed by atoms with Crippen molar-refractivity contribution in [2.75, 3.05) is 20.2 Å². The molecule has 2 aliphatic rings. The molecular weight excluding hydrogens is 439 g/mol. The van der Waals surface area contributed by atoms with Crippen LogP contribution in [-0.4, -0.2) is 46.0 Å². The number of halogens is 1. The highest BCUT2D eigenvalue weighted by Gasteiger charge is 2.27. The number of ether oxygens (including phenoxy) is 1. The van der Waals surface area contributed by atoms with Crippen LogP contribution in [0.15, 0.2) is 64.6 Å². The van der Waals surface area contributed by atoms with Crippen LogP contribution in [-0.2, 0) is 4.79 Å². The second-order valence-electron chi connectivity index (χ2n) is 7.92. The molecule has 3 heterocycles. The minimum atomic E-state index is -0.468. The summed E-state index contributed by atoms with van der Waals surface area (Å²) < 4.78 is 21.3. The molecule has 8 heteroatoms. The number of rotatable bonds is 4. The Labute approximate surface area is 195 Å². The van der Waals surface area contributed by atoms with E-state index < -0.39 is 5.82 Å². The third-order valence-corrected chi connectivity index (χ3v) is 6.76. The molecule has 1 aromatic heterocycles. The van der Waals surface area contributed by atoms with Crippen molar-refractivity contribution in [3.05, 3.63) is 71.0 Å². The first-order valence-corrected chi connectivity index (χ1v) is 11.7. The number of hydrogen-bond donors (Lipinski definition) is 0. The molecule has 2 aromatic carbocycles. The van der Waals surface area contributed by atoms with Crippen molar-refractivity contribution in [3.63, 3.8) is 0 Å². The van der Waals surface area contributed by atoms with Gasteiger partial charge in [-0.05, 0) is 67.4 Å². The molecule has 1 saturated heterocycles. The molecule has 5 rings (SSSR count). The molecule has 33 heavy (non-hydrogen) atoms. The average Bonchev–Trinajstić information content (AvgIpc) is 3.44. The number of piperidine rings is 1. The fourth-order valence-corrected chi connectivity index (χ4v) is 4.96. The first kappa shape index (κ1) is 21.5. The number of para-hydroxylation sites is 1. The van der Waals surface area contributed by atoms with Crippen molar-refractivity contribution < 1.29 is 13.9 Å². The smallest absolute Gasteiger partial charge is 0.286 e. The summed E-state index contributed by atoms with van der Waals surface area (Å²) in [6, 6.07) is 14.4. The van der Waals surface area contributed by atoms with Crippen LogP contribution in [0.4, 0.5) is 4.39 Å². The van der Waals surface area contributed by atoms with Gasteiger partial charge in [0.2, 0.25) is 0 Å². The summed E-state index contributed by atoms with van der Waals surface area (Å²) in [5.41, 5.74) is 2.76. The molecule has 168 valence electrons. The topological polar surface area (TPSA) is 59.7 Å². The van der Waals surface area contributed by atoms with Crippen molar-refractivity contribution >= 4 is 28.9 Å². The van der Waals surface area contributed by atoms with Crippen LogP contribution in [0.25, 0.3) is 23.0 Å². The lowest BCUT2D eigenvalue weighted by Gasteiger charge is -2.27. The number of aliphatic imine (C=N–C) groups is 1. The second-order valence-corrected chi connectivity index (χ2v) is 8.93. The summed E-state index contributed by atoms with van der Waals surface area (Å²) in [5, 5.41) is 5.48. The van der Waals surface area contributed by atoms with Crippen molar-refractivity contribution in [2.24, 2.45) is 4.99 Å². The zero-order valence-corrected chi connectivity index (χ0v) is 19.0. The molecule has 1 amide bonds. The molecule has 0 aliphatic carbocycles. The van der Waals surface area contributed by atoms with Gasteiger partial charge in [0.1, 0.15) is 5.69 Å². The average molecular weight is 463 g/mol. The van der Waals surface area contributed by atoms with Crippen LogP contribution in [0.2, 0.25) is 0 Å². The number of hydrogen-bond acceptors (Lipinski definition) is 5. The number of likely N-dealkylation sites (tertiary alicyclic amines) is 1. The number of amidine groups is 1. The van der Waals surface area contributed by atoms with Crippen LogP contribution in [0.1, 0.15) is 24.8 Å². The molecule has 0 radical (unpaired) electrons. The number of thioether (sulfide) groups is 1. The highest BCUT2D eigenvalue weighted by atomic mass is 32.2. The Bertz CT molecular complexity index is 1250. The van der Waals surface area contributed by atoms with Gasteiger partial charge in [-0.25, -0.2) is 9.07 Å². The standard InChI is InChI=1S/C25H23FN4O2S/c1-32-21-11-10-17(14-20(21)26)23-18(16-30(28-23)19-8-4-2-5-9-19)15-22-24(31)27-25(33-22)29-12-6-3-7-13-29/h2,4-5,8-11,14-16H,3,6-7,12-13H2,1H3. The van der Waals surface area contributed by atoms with Gasteiger partial charge in [-0.3, -0.25) is 4.79 Å². The molecule has 3 aromatic rings. The molecular formula is C25H23FN4O2S. The Morgan fingerprint density at radius 1 is 1.09 bits per heavy atom. The molecule has 0 saturated carbocycles. The van der Waals surface area contributed by atoms with E-state index in [9.17, 15) is 9.18 Å². The second kappa shape index (κ2) is 9.23. The molecule has 1 fully saturated rings. The van der Waals surface area contributed by atoms with Gasteiger partial charge in [0.25, 0.3) is 5.91 Å². The molecule has 6 nitrogen and oxygen atoms in total. The summed E-state index contributed by atoms with van der Waals surface area (Å²) in [7, 11) is 1.43. The summed E-state index contributed by atoms with van der Waals surface area (Å²) in [4.78, 5) is 19.7. The zero-order chi connectivity index (χ0) is 22.8. The molecule has 2 aliphatic heterocycles. The molecule has 0 bridgehead atoms. The van der Waals surface area contributed by atoms with E-state index in [0.717, 1.165) is 42.3 Å². The first-order valence-electron chi connectivity index (χ1n) is 10.9. The molecule has 0 N–H and O–H groups in total. The fraction of sp³-hybridized carbons (Fsp3) is 0.240. The SMILES string of the molecule is COc1ccc(-c2nn(-c3ccccc3)cc2C=C2SC(N3CCCCC3)=NC2=O)cc1F. The third kappa shape index (κ3) is 4.43. The number of aromatic nitrogens is 2. The Morgan fingerprint density at radius 3 is 2.61 bits per heavy atom. The lowest BCUT2D eigenvalue weighted by Crippen LogP contribution is -2.33. The van der Waals surface area contributed by atoms with E-state index >= 15 is 0 Å². The summed E-state index contributed by atoms with van der Waals surface area (Å²) >= 11 is 1.39. The molecule has 0 unspecified atom stereocenters. The maximum Gasteiger partial charge on any atom is 0.286 e. The Kier molecular flexibility index (Phi) is 6.00. The van der Waals surface area contributed by atoms with E-state index in [-0.39, 0.29) is 11.7 Å². The van der Waals surface area contributed by atoms with Gasteiger partial charge in [0.05, 0.1) is 17.7 Å². The van der Waals surface area contributed by atoms with Crippen molar-refractivity contribution in [1.82, 2.24) is 14.7 Å². The molecule has 0 spiro atoms. The Hall–Kier alpha value is -3.39. The number of benzene rings is 2. The van der Waals surface area contributed by atoms with Gasteiger partial charge in [-0.15, -0.1) is 0 Å². The van der Waals surface area contributed by atoms with Crippen LogP contribution in [0, 0.1) is 5.82 Å². The van der Waals surface area contributed by atoms with Gasteiger partial charge >= 0.3 is 0 Å². The largest absolute Gasteiger partial charge is 0.494 e. The van der Waals surface area contributed by atoms with Crippen molar-refractivity contribution in [2.45, 2.75) is 19.3 Å². The Morgan fingerprint density at radius 2 is 1.88 bits per heavy atom. The lowest BCUT2D eigenvalue weighted by atomic mass is 10.1. The molecule has 0 atom stereocenters. The number of nitrogens with zero attached hydrogens (tertiary/aromatic N) is 4. The van der Waals surface area contributed by atoms with Gasteiger partial charge in [0.15, 0.2) is 16.7 Å². The normalized spacial score (nSPS) is 17.5. The monoisotopic (exact) mass is 462 g/mol. The van der Waals surface area contributed by atoms with Crippen molar-refractivity contribution in [1.29, 1.82) is 0 Å². The highest BCUT2D eigenvalue weighted by Crippen LogP contribution is 2.34. The van der Waals surface area contributed by atoms with Gasteiger partial charge in [-0.1, -0.05) is 18.2 Å². The third-order valence-electron chi connectivity index (χ3n) is 5.71. The van der Waals surface area contributed by atoms with E-state index in [4.69, 9.17) is 9.84 Å². The van der Waals surface area contributed by atoms with Crippen LogP contribution in [0.3, 0.4) is 0 Å². The number of amides is 1. The maximum absolute atomic E-state index is 14.5. The van der Waals surface area contributed by atoms with E-state index in [1.54, 1.807) is 22.9 Å². The fourth-order valence-electron chi connectivity index (χ4n) is 4.00. The Balaban J connectivity index is 1.53. The lowest BCUT2D eigenvalue weighted by molar-refractivity contribution is -0.113. The van der Waals surface area contributed by atoms with Gasteiger partial charge in [0, 0.05) is 30.4 Å². The predicted octanol–water partition coefficient (Wildman–Crippen LogP) is 5.14. The summed E-state index contributed by atoms with van der Waals surface area (Å²) in [6.07, 6.45) is 7.10. The van der Waals surface area contributed by atoms with Crippen LogP contribution < -0.4 is 4.74 Å². The van der Waals surface area contributed by atoms with Gasteiger partial charge in [-0.2, -0.15) is 10.1 Å². The van der Waals surface area contributed by atoms with E-state index in [0.29, 0.717) is 16.2 Å². The maximum atomic E-state index is 14.5. The minimum absolute atomic E-state index is 0.169. The van der Waals surface area contributed by atoms with Crippen LogP contribution >= 0.6 is 11.8 Å². The quantitative estimate of drug-likeness (QED) is 0.502. The van der Waals surface area contributed by atoms with E-state index in [1.807, 2.05) is 36.5 Å². The summed E-state index contributed by atoms with van der Waals surface area (Å²) in [6.45, 7) is 1.85. The van der Waals surface area contributed by atoms with Gasteiger partial charge < -0.3 is 9.64 Å². The number of carbonyl (C=O) groups is 1. The zero-order valence-electron chi connectivity index (χ0n) is 18.2. The predicted molar refractivity (Wildman–Crippen MR) is 129 cm³/mol. The van der Waals surface area contributed by atoms with Crippen molar-refractivity contribution in [3.8, 4) is 22.7 Å².